The lowest BCUT2D eigenvalue weighted by Gasteiger charge is -2.20. The predicted octanol–water partition coefficient (Wildman–Crippen LogP) is 5.38. The fourth-order valence-corrected chi connectivity index (χ4v) is 5.08. The van der Waals surface area contributed by atoms with E-state index in [1.807, 2.05) is 13.8 Å². The second kappa shape index (κ2) is 11.5. The van der Waals surface area contributed by atoms with Crippen LogP contribution in [0, 0.1) is 12.8 Å². The van der Waals surface area contributed by atoms with Gasteiger partial charge in [-0.2, -0.15) is 0 Å². The molecular formula is C27H36O7. The number of hydrogen-bond donors (Lipinski definition) is 0. The van der Waals surface area contributed by atoms with Crippen molar-refractivity contribution in [3.8, 4) is 11.5 Å². The van der Waals surface area contributed by atoms with Crippen molar-refractivity contribution >= 4 is 17.9 Å². The first kappa shape index (κ1) is 25.8. The number of hydrogen-bond acceptors (Lipinski definition) is 7. The summed E-state index contributed by atoms with van der Waals surface area (Å²) in [4.78, 5) is 37.1. The summed E-state index contributed by atoms with van der Waals surface area (Å²) in [5.74, 6) is -0.596. The van der Waals surface area contributed by atoms with Crippen LogP contribution in [0.15, 0.2) is 11.1 Å². The number of unbranched alkanes of at least 4 members (excludes halogenated alkanes) is 3. The predicted molar refractivity (Wildman–Crippen MR) is 127 cm³/mol. The van der Waals surface area contributed by atoms with E-state index in [-0.39, 0.29) is 24.2 Å². The molecule has 0 saturated carbocycles. The highest BCUT2D eigenvalue weighted by Crippen LogP contribution is 2.46. The van der Waals surface area contributed by atoms with E-state index in [0.717, 1.165) is 36.8 Å². The Morgan fingerprint density at radius 1 is 1.06 bits per heavy atom. The Labute approximate surface area is 201 Å². The minimum atomic E-state index is -0.515. The number of benzene rings is 1. The van der Waals surface area contributed by atoms with Gasteiger partial charge < -0.3 is 18.9 Å². The molecule has 1 aliphatic carbocycles. The second-order valence-corrected chi connectivity index (χ2v) is 9.04. The number of rotatable bonds is 11. The number of allylic oxidation sites excluding steroid dienone is 2. The third-order valence-corrected chi connectivity index (χ3v) is 6.70. The maximum atomic E-state index is 12.6. The molecule has 1 aliphatic heterocycles. The van der Waals surface area contributed by atoms with Crippen LogP contribution in [0.5, 0.6) is 11.5 Å². The Kier molecular flexibility index (Phi) is 8.75. The molecule has 0 saturated heterocycles. The van der Waals surface area contributed by atoms with Crippen LogP contribution in [-0.4, -0.2) is 31.6 Å². The molecule has 0 radical (unpaired) electrons. The van der Waals surface area contributed by atoms with E-state index in [9.17, 15) is 14.4 Å². The van der Waals surface area contributed by atoms with E-state index in [2.05, 4.69) is 6.92 Å². The normalized spacial score (nSPS) is 17.0. The molecule has 1 aromatic carbocycles. The van der Waals surface area contributed by atoms with Gasteiger partial charge in [-0.05, 0) is 45.1 Å². The molecule has 1 heterocycles. The summed E-state index contributed by atoms with van der Waals surface area (Å²) in [6, 6.07) is 0. The minimum Gasteiger partial charge on any atom is -0.496 e. The van der Waals surface area contributed by atoms with Crippen molar-refractivity contribution in [2.24, 2.45) is 5.92 Å². The van der Waals surface area contributed by atoms with Gasteiger partial charge in [0.05, 0.1) is 19.6 Å². The molecule has 0 aromatic heterocycles. The molecule has 7 heteroatoms. The number of methoxy groups -OCH3 is 1. The fourth-order valence-electron chi connectivity index (χ4n) is 5.08. The molecular weight excluding hydrogens is 436 g/mol. The van der Waals surface area contributed by atoms with Crippen molar-refractivity contribution in [2.75, 3.05) is 13.7 Å². The van der Waals surface area contributed by atoms with Gasteiger partial charge >= 0.3 is 17.9 Å². The van der Waals surface area contributed by atoms with Gasteiger partial charge in [0.25, 0.3) is 0 Å². The van der Waals surface area contributed by atoms with Crippen LogP contribution in [0.3, 0.4) is 0 Å². The van der Waals surface area contributed by atoms with Gasteiger partial charge in [0.2, 0.25) is 0 Å². The molecule has 1 unspecified atom stereocenters. The third-order valence-electron chi connectivity index (χ3n) is 6.70. The number of carbonyl (C=O) groups excluding carboxylic acids is 3. The smallest absolute Gasteiger partial charge is 0.342 e. The lowest BCUT2D eigenvalue weighted by atomic mass is 9.91. The molecule has 0 bridgehead atoms. The summed E-state index contributed by atoms with van der Waals surface area (Å²) >= 11 is 0. The van der Waals surface area contributed by atoms with Crippen LogP contribution in [0.25, 0.3) is 0 Å². The monoisotopic (exact) mass is 472 g/mol. The highest BCUT2D eigenvalue weighted by molar-refractivity contribution is 5.99. The standard InChI is InChI=1S/C27H36O7/c1-6-8-9-10-11-18-12-20(26(29)32-7-2)13-19(18)14-21-24(31-5)16(3)22-15-33-27(30)23(22)25(21)34-17(4)28/h20H,6-15H2,1-5H3. The van der Waals surface area contributed by atoms with E-state index >= 15 is 0 Å². The Morgan fingerprint density at radius 2 is 1.79 bits per heavy atom. The summed E-state index contributed by atoms with van der Waals surface area (Å²) in [6.45, 7) is 7.68. The topological polar surface area (TPSA) is 88.1 Å². The zero-order chi connectivity index (χ0) is 24.8. The van der Waals surface area contributed by atoms with E-state index in [1.165, 1.54) is 18.9 Å². The fraction of sp³-hybridized carbons (Fsp3) is 0.593. The summed E-state index contributed by atoms with van der Waals surface area (Å²) in [6.07, 6.45) is 7.16. The zero-order valence-corrected chi connectivity index (χ0v) is 21.0. The van der Waals surface area contributed by atoms with Gasteiger partial charge in [-0.1, -0.05) is 37.3 Å². The molecule has 0 amide bonds. The van der Waals surface area contributed by atoms with Crippen molar-refractivity contribution in [3.63, 3.8) is 0 Å². The maximum Gasteiger partial charge on any atom is 0.342 e. The van der Waals surface area contributed by atoms with Gasteiger partial charge in [0.1, 0.15) is 17.9 Å². The quantitative estimate of drug-likeness (QED) is 0.185. The maximum absolute atomic E-state index is 12.6. The molecule has 2 aliphatic rings. The number of esters is 3. The van der Waals surface area contributed by atoms with Crippen LogP contribution in [-0.2, 0) is 32.1 Å². The highest BCUT2D eigenvalue weighted by atomic mass is 16.6. The molecule has 0 N–H and O–H groups in total. The lowest BCUT2D eigenvalue weighted by molar-refractivity contribution is -0.147. The molecule has 0 fully saturated rings. The van der Waals surface area contributed by atoms with E-state index < -0.39 is 11.9 Å². The molecule has 1 aromatic rings. The molecule has 186 valence electrons. The first-order valence-electron chi connectivity index (χ1n) is 12.3. The Morgan fingerprint density at radius 3 is 2.44 bits per heavy atom. The molecule has 34 heavy (non-hydrogen) atoms. The van der Waals surface area contributed by atoms with Gasteiger partial charge in [-0.3, -0.25) is 9.59 Å². The SMILES string of the molecule is CCCCCCC1=C(Cc2c(OC)c(C)c3c(c2OC(C)=O)C(=O)OC3)CC(C(=O)OCC)C1. The lowest BCUT2D eigenvalue weighted by Crippen LogP contribution is -2.16. The minimum absolute atomic E-state index is 0.126. The second-order valence-electron chi connectivity index (χ2n) is 9.04. The Balaban J connectivity index is 2.03. The van der Waals surface area contributed by atoms with Crippen molar-refractivity contribution < 1.29 is 33.3 Å². The van der Waals surface area contributed by atoms with E-state index in [4.69, 9.17) is 18.9 Å². The molecule has 0 spiro atoms. The largest absolute Gasteiger partial charge is 0.496 e. The van der Waals surface area contributed by atoms with Crippen LogP contribution in [0.1, 0.15) is 92.8 Å². The van der Waals surface area contributed by atoms with Crippen LogP contribution in [0.4, 0.5) is 0 Å². The Hall–Kier alpha value is -2.83. The van der Waals surface area contributed by atoms with Gasteiger partial charge in [-0.25, -0.2) is 4.79 Å². The molecule has 3 rings (SSSR count). The van der Waals surface area contributed by atoms with Crippen molar-refractivity contribution in [1.82, 2.24) is 0 Å². The number of cyclic esters (lactones) is 1. The van der Waals surface area contributed by atoms with E-state index in [0.29, 0.717) is 48.3 Å². The van der Waals surface area contributed by atoms with Crippen molar-refractivity contribution in [3.05, 3.63) is 33.4 Å². The first-order chi connectivity index (χ1) is 16.3. The van der Waals surface area contributed by atoms with Crippen LogP contribution < -0.4 is 9.47 Å². The van der Waals surface area contributed by atoms with Crippen LogP contribution >= 0.6 is 0 Å². The average molecular weight is 473 g/mol. The summed E-state index contributed by atoms with van der Waals surface area (Å²) < 4.78 is 21.9. The first-order valence-corrected chi connectivity index (χ1v) is 12.3. The summed E-state index contributed by atoms with van der Waals surface area (Å²) in [5, 5.41) is 0. The third kappa shape index (κ3) is 5.45. The van der Waals surface area contributed by atoms with Crippen molar-refractivity contribution in [1.29, 1.82) is 0 Å². The zero-order valence-electron chi connectivity index (χ0n) is 21.0. The number of ether oxygens (including phenoxy) is 4. The van der Waals surface area contributed by atoms with Crippen LogP contribution in [0.2, 0.25) is 0 Å². The molecule has 7 nitrogen and oxygen atoms in total. The van der Waals surface area contributed by atoms with Gasteiger partial charge in [-0.15, -0.1) is 0 Å². The van der Waals surface area contributed by atoms with Gasteiger partial charge in [0.15, 0.2) is 5.75 Å². The number of carbonyl (C=O) groups is 3. The highest BCUT2D eigenvalue weighted by Gasteiger charge is 2.36. The summed E-state index contributed by atoms with van der Waals surface area (Å²) in [5.41, 5.74) is 4.83. The van der Waals surface area contributed by atoms with E-state index in [1.54, 1.807) is 7.11 Å². The Bertz CT molecular complexity index is 989. The summed E-state index contributed by atoms with van der Waals surface area (Å²) in [7, 11) is 1.57. The average Bonchev–Trinajstić information content (AvgIpc) is 3.38. The van der Waals surface area contributed by atoms with Crippen molar-refractivity contribution in [2.45, 2.75) is 85.7 Å². The molecule has 1 atom stereocenters. The number of fused-ring (bicyclic) bond motifs is 1. The van der Waals surface area contributed by atoms with Gasteiger partial charge in [0, 0.05) is 24.5 Å².